The van der Waals surface area contributed by atoms with Crippen LogP contribution in [0.2, 0.25) is 0 Å². The first-order chi connectivity index (χ1) is 3.29. The van der Waals surface area contributed by atoms with Gasteiger partial charge in [0.1, 0.15) is 0 Å². The van der Waals surface area contributed by atoms with E-state index >= 15 is 0 Å². The van der Waals surface area contributed by atoms with Crippen molar-refractivity contribution >= 4 is 5.69 Å². The van der Waals surface area contributed by atoms with E-state index in [0.717, 1.165) is 0 Å². The number of nitrogens with two attached hydrogens (primary N) is 1. The highest BCUT2D eigenvalue weighted by Gasteiger charge is 1.86. The molecule has 0 aliphatic carbocycles. The summed E-state index contributed by atoms with van der Waals surface area (Å²) in [5.41, 5.74) is 5.74. The third kappa shape index (κ3) is 0.652. The summed E-state index contributed by atoms with van der Waals surface area (Å²) in [6.07, 6.45) is 1.52. The van der Waals surface area contributed by atoms with E-state index in [1.807, 2.05) is 0 Å². The van der Waals surface area contributed by atoms with Crippen LogP contribution in [0.3, 0.4) is 0 Å². The number of aromatic amines is 1. The van der Waals surface area contributed by atoms with Crippen molar-refractivity contribution in [2.75, 3.05) is 5.73 Å². The summed E-state index contributed by atoms with van der Waals surface area (Å²) in [5, 5.41) is 8.52. The van der Waals surface area contributed by atoms with Gasteiger partial charge < -0.3 is 15.8 Å². The lowest BCUT2D eigenvalue weighted by Crippen LogP contribution is -1.75. The maximum absolute atomic E-state index is 8.52. The number of rotatable bonds is 0. The molecule has 0 radical (unpaired) electrons. The van der Waals surface area contributed by atoms with E-state index in [0.29, 0.717) is 5.69 Å². The Balaban J connectivity index is 3.04. The lowest BCUT2D eigenvalue weighted by Gasteiger charge is -1.72. The molecular weight excluding hydrogens is 92.1 g/mol. The van der Waals surface area contributed by atoms with E-state index in [9.17, 15) is 0 Å². The lowest BCUT2D eigenvalue weighted by molar-refractivity contribution is 0.457. The van der Waals surface area contributed by atoms with Crippen LogP contribution in [0, 0.1) is 0 Å². The fourth-order valence-corrected chi connectivity index (χ4v) is 0.398. The largest absolute Gasteiger partial charge is 0.495 e. The minimum Gasteiger partial charge on any atom is -0.495 e. The molecule has 0 unspecified atom stereocenters. The van der Waals surface area contributed by atoms with Gasteiger partial charge in [0.15, 0.2) is 5.88 Å². The molecule has 0 bridgehead atoms. The SMILES string of the molecule is Nc1c[nH]c(O)c1. The smallest absolute Gasteiger partial charge is 0.190 e. The average Bonchev–Trinajstić information content (AvgIpc) is 1.87. The zero-order valence-electron chi connectivity index (χ0n) is 3.68. The molecule has 38 valence electrons. The van der Waals surface area contributed by atoms with Gasteiger partial charge in [-0.3, -0.25) is 0 Å². The first-order valence-electron chi connectivity index (χ1n) is 1.92. The van der Waals surface area contributed by atoms with Gasteiger partial charge in [0.05, 0.1) is 5.69 Å². The maximum atomic E-state index is 8.52. The maximum Gasteiger partial charge on any atom is 0.190 e. The fraction of sp³-hybridized carbons (Fsp3) is 0. The lowest BCUT2D eigenvalue weighted by atomic mass is 10.6. The van der Waals surface area contributed by atoms with Gasteiger partial charge >= 0.3 is 0 Å². The number of hydrogen-bond donors (Lipinski definition) is 3. The molecule has 0 amide bonds. The molecule has 7 heavy (non-hydrogen) atoms. The fourth-order valence-electron chi connectivity index (χ4n) is 0.398. The van der Waals surface area contributed by atoms with Crippen molar-refractivity contribution in [2.45, 2.75) is 0 Å². The van der Waals surface area contributed by atoms with Crippen molar-refractivity contribution in [2.24, 2.45) is 0 Å². The number of hydrogen-bond acceptors (Lipinski definition) is 2. The molecule has 0 saturated heterocycles. The average molecular weight is 98.1 g/mol. The van der Waals surface area contributed by atoms with Gasteiger partial charge in [0.2, 0.25) is 0 Å². The number of nitrogen functional groups attached to an aromatic ring is 1. The van der Waals surface area contributed by atoms with Crippen LogP contribution in [0.25, 0.3) is 0 Å². The molecular formula is C4H6N2O. The normalized spacial score (nSPS) is 9.14. The highest BCUT2D eigenvalue weighted by atomic mass is 16.3. The van der Waals surface area contributed by atoms with Gasteiger partial charge in [-0.05, 0) is 0 Å². The summed E-state index contributed by atoms with van der Waals surface area (Å²) in [7, 11) is 0. The minimum absolute atomic E-state index is 0.109. The summed E-state index contributed by atoms with van der Waals surface area (Å²) in [4.78, 5) is 2.50. The van der Waals surface area contributed by atoms with E-state index in [1.54, 1.807) is 0 Å². The zero-order valence-corrected chi connectivity index (χ0v) is 3.68. The Hall–Kier alpha value is -1.12. The zero-order chi connectivity index (χ0) is 5.28. The molecule has 0 aliphatic rings. The quantitative estimate of drug-likeness (QED) is 0.437. The van der Waals surface area contributed by atoms with E-state index in [1.165, 1.54) is 12.3 Å². The van der Waals surface area contributed by atoms with Crippen LogP contribution in [-0.4, -0.2) is 10.1 Å². The van der Waals surface area contributed by atoms with E-state index < -0.39 is 0 Å². The Bertz CT molecular complexity index is 142. The third-order valence-electron chi connectivity index (χ3n) is 0.690. The number of anilines is 1. The summed E-state index contributed by atoms with van der Waals surface area (Å²) >= 11 is 0. The van der Waals surface area contributed by atoms with Crippen LogP contribution < -0.4 is 5.73 Å². The molecule has 0 aliphatic heterocycles. The van der Waals surface area contributed by atoms with Crippen molar-refractivity contribution in [1.29, 1.82) is 0 Å². The standard InChI is InChI=1S/C4H6N2O/c5-3-1-4(7)6-2-3/h1-2,6-7H,5H2. The topological polar surface area (TPSA) is 62.0 Å². The molecule has 0 spiro atoms. The second kappa shape index (κ2) is 1.18. The number of aromatic nitrogens is 1. The van der Waals surface area contributed by atoms with E-state index in [4.69, 9.17) is 10.8 Å². The number of H-pyrrole nitrogens is 1. The number of aromatic hydroxyl groups is 1. The van der Waals surface area contributed by atoms with Crippen LogP contribution >= 0.6 is 0 Å². The van der Waals surface area contributed by atoms with Crippen molar-refractivity contribution in [3.63, 3.8) is 0 Å². The molecule has 1 heterocycles. The summed E-state index contributed by atoms with van der Waals surface area (Å²) in [6, 6.07) is 1.44. The first-order valence-corrected chi connectivity index (χ1v) is 1.92. The van der Waals surface area contributed by atoms with Crippen molar-refractivity contribution < 1.29 is 5.11 Å². The molecule has 0 saturated carbocycles. The second-order valence-corrected chi connectivity index (χ2v) is 1.32. The van der Waals surface area contributed by atoms with Crippen molar-refractivity contribution in [1.82, 2.24) is 4.98 Å². The number of nitrogens with one attached hydrogen (secondary N) is 1. The van der Waals surface area contributed by atoms with Crippen LogP contribution in [-0.2, 0) is 0 Å². The van der Waals surface area contributed by atoms with Gasteiger partial charge in [0.25, 0.3) is 0 Å². The Labute approximate surface area is 40.8 Å². The van der Waals surface area contributed by atoms with Gasteiger partial charge in [-0.1, -0.05) is 0 Å². The molecule has 4 N–H and O–H groups in total. The van der Waals surface area contributed by atoms with Crippen LogP contribution in [0.4, 0.5) is 5.69 Å². The van der Waals surface area contributed by atoms with Gasteiger partial charge in [-0.2, -0.15) is 0 Å². The highest BCUT2D eigenvalue weighted by molar-refractivity contribution is 5.39. The van der Waals surface area contributed by atoms with Crippen LogP contribution in [0.15, 0.2) is 12.3 Å². The van der Waals surface area contributed by atoms with Crippen LogP contribution in [0.1, 0.15) is 0 Å². The molecule has 3 heteroatoms. The summed E-state index contributed by atoms with van der Waals surface area (Å²) in [5.74, 6) is 0.109. The van der Waals surface area contributed by atoms with E-state index in [-0.39, 0.29) is 5.88 Å². The summed E-state index contributed by atoms with van der Waals surface area (Å²) in [6.45, 7) is 0. The monoisotopic (exact) mass is 98.0 g/mol. The molecule has 1 rings (SSSR count). The molecule has 0 aromatic carbocycles. The van der Waals surface area contributed by atoms with Crippen LogP contribution in [0.5, 0.6) is 5.88 Å². The van der Waals surface area contributed by atoms with Gasteiger partial charge in [0, 0.05) is 12.3 Å². The minimum atomic E-state index is 0.109. The second-order valence-electron chi connectivity index (χ2n) is 1.32. The Kier molecular flexibility index (Phi) is 0.685. The van der Waals surface area contributed by atoms with Crippen molar-refractivity contribution in [3.8, 4) is 5.88 Å². The third-order valence-corrected chi connectivity index (χ3v) is 0.690. The summed E-state index contributed by atoms with van der Waals surface area (Å²) < 4.78 is 0. The van der Waals surface area contributed by atoms with Crippen molar-refractivity contribution in [3.05, 3.63) is 12.3 Å². The Morgan fingerprint density at radius 1 is 1.71 bits per heavy atom. The first kappa shape index (κ1) is 4.05. The predicted molar refractivity (Wildman–Crippen MR) is 26.9 cm³/mol. The highest BCUT2D eigenvalue weighted by Crippen LogP contribution is 2.08. The Morgan fingerprint density at radius 3 is 2.57 bits per heavy atom. The van der Waals surface area contributed by atoms with Gasteiger partial charge in [-0.15, -0.1) is 0 Å². The predicted octanol–water partition coefficient (Wildman–Crippen LogP) is 0.303. The molecule has 1 aromatic rings. The molecule has 0 atom stereocenters. The van der Waals surface area contributed by atoms with E-state index in [2.05, 4.69) is 4.98 Å². The molecule has 3 nitrogen and oxygen atoms in total. The van der Waals surface area contributed by atoms with Gasteiger partial charge in [-0.25, -0.2) is 0 Å². The molecule has 1 aromatic heterocycles. The Morgan fingerprint density at radius 2 is 2.43 bits per heavy atom. The molecule has 0 fully saturated rings.